The first-order chi connectivity index (χ1) is 5.23. The Labute approximate surface area is 65.9 Å². The zero-order chi connectivity index (χ0) is 8.06. The van der Waals surface area contributed by atoms with Crippen LogP contribution in [0.3, 0.4) is 0 Å². The van der Waals surface area contributed by atoms with E-state index in [1.807, 2.05) is 6.92 Å². The molecule has 60 valence electrons. The summed E-state index contributed by atoms with van der Waals surface area (Å²) in [6.45, 7) is 1.97. The minimum Gasteiger partial charge on any atom is -0.481 e. The summed E-state index contributed by atoms with van der Waals surface area (Å²) in [5.74, 6) is 0.175. The zero-order valence-corrected chi connectivity index (χ0v) is 6.58. The number of aliphatic carboxylic acids is 1. The summed E-state index contributed by atoms with van der Waals surface area (Å²) in [7, 11) is 0. The van der Waals surface area contributed by atoms with E-state index in [0.717, 1.165) is 12.8 Å². The van der Waals surface area contributed by atoms with Crippen molar-refractivity contribution in [3.63, 3.8) is 0 Å². The molecule has 0 unspecified atom stereocenters. The fourth-order valence-corrected chi connectivity index (χ4v) is 2.54. The number of carboxylic acid groups (broad SMARTS) is 1. The van der Waals surface area contributed by atoms with E-state index in [-0.39, 0.29) is 5.41 Å². The molecular weight excluding hydrogens is 140 g/mol. The van der Waals surface area contributed by atoms with Crippen molar-refractivity contribution in [1.29, 1.82) is 0 Å². The highest BCUT2D eigenvalue weighted by atomic mass is 16.4. The van der Waals surface area contributed by atoms with Crippen LogP contribution in [-0.2, 0) is 4.79 Å². The number of allylic oxidation sites excluding steroid dienone is 2. The lowest BCUT2D eigenvalue weighted by atomic mass is 9.96. The van der Waals surface area contributed by atoms with Crippen LogP contribution < -0.4 is 0 Å². The van der Waals surface area contributed by atoms with Crippen molar-refractivity contribution in [3.05, 3.63) is 12.2 Å². The van der Waals surface area contributed by atoms with Gasteiger partial charge in [0.25, 0.3) is 0 Å². The lowest BCUT2D eigenvalue weighted by Crippen LogP contribution is -2.18. The van der Waals surface area contributed by atoms with E-state index in [9.17, 15) is 4.79 Å². The summed E-state index contributed by atoms with van der Waals surface area (Å²) >= 11 is 0. The Morgan fingerprint density at radius 1 is 1.82 bits per heavy atom. The van der Waals surface area contributed by atoms with Crippen molar-refractivity contribution < 1.29 is 9.90 Å². The Balaban J connectivity index is 2.24. The third kappa shape index (κ3) is 0.602. The van der Waals surface area contributed by atoms with Crippen LogP contribution in [0.5, 0.6) is 0 Å². The minimum absolute atomic E-state index is 0.352. The van der Waals surface area contributed by atoms with E-state index in [2.05, 4.69) is 12.2 Å². The van der Waals surface area contributed by atoms with Crippen molar-refractivity contribution >= 4 is 5.97 Å². The Hall–Kier alpha value is -0.790. The smallest absolute Gasteiger partial charge is 0.310 e. The molecule has 3 atom stereocenters. The molecule has 2 nitrogen and oxygen atoms in total. The maximum Gasteiger partial charge on any atom is 0.310 e. The van der Waals surface area contributed by atoms with E-state index in [4.69, 9.17) is 5.11 Å². The van der Waals surface area contributed by atoms with E-state index >= 15 is 0 Å². The standard InChI is InChI=1S/C9H12O2/c1-2-9(8(10)11)6-4-3-5-7(6)9/h3-4,6-7H,2,5H2,1H3,(H,10,11)/t6-,7+,9-/m1/s1. The minimum atomic E-state index is -0.598. The molecule has 0 amide bonds. The van der Waals surface area contributed by atoms with Gasteiger partial charge in [0.1, 0.15) is 0 Å². The van der Waals surface area contributed by atoms with Crippen molar-refractivity contribution in [3.8, 4) is 0 Å². The molecule has 2 rings (SSSR count). The highest BCUT2D eigenvalue weighted by Gasteiger charge is 2.68. The summed E-state index contributed by atoms with van der Waals surface area (Å²) < 4.78 is 0. The summed E-state index contributed by atoms with van der Waals surface area (Å²) in [5.41, 5.74) is -0.366. The molecule has 0 aliphatic heterocycles. The number of hydrogen-bond acceptors (Lipinski definition) is 1. The lowest BCUT2D eigenvalue weighted by molar-refractivity contribution is -0.144. The van der Waals surface area contributed by atoms with Gasteiger partial charge < -0.3 is 5.11 Å². The van der Waals surface area contributed by atoms with Crippen molar-refractivity contribution in [2.75, 3.05) is 0 Å². The zero-order valence-electron chi connectivity index (χ0n) is 6.58. The molecule has 0 heterocycles. The van der Waals surface area contributed by atoms with E-state index < -0.39 is 5.97 Å². The van der Waals surface area contributed by atoms with Crippen LogP contribution in [0.2, 0.25) is 0 Å². The first kappa shape index (κ1) is 6.89. The highest BCUT2D eigenvalue weighted by molar-refractivity contribution is 5.80. The molecule has 2 aliphatic rings. The predicted molar refractivity (Wildman–Crippen MR) is 41.1 cm³/mol. The second-order valence-electron chi connectivity index (χ2n) is 3.50. The van der Waals surface area contributed by atoms with Gasteiger partial charge in [0.15, 0.2) is 0 Å². The number of hydrogen-bond donors (Lipinski definition) is 1. The quantitative estimate of drug-likeness (QED) is 0.611. The normalized spacial score (nSPS) is 45.5. The van der Waals surface area contributed by atoms with E-state index in [0.29, 0.717) is 11.8 Å². The number of fused-ring (bicyclic) bond motifs is 1. The molecule has 0 spiro atoms. The largest absolute Gasteiger partial charge is 0.481 e. The van der Waals surface area contributed by atoms with Crippen LogP contribution in [0.4, 0.5) is 0 Å². The molecule has 0 radical (unpaired) electrons. The van der Waals surface area contributed by atoms with Gasteiger partial charge in [0.05, 0.1) is 5.41 Å². The topological polar surface area (TPSA) is 37.3 Å². The van der Waals surface area contributed by atoms with Gasteiger partial charge in [0.2, 0.25) is 0 Å². The van der Waals surface area contributed by atoms with Crippen molar-refractivity contribution in [2.24, 2.45) is 17.3 Å². The lowest BCUT2D eigenvalue weighted by Gasteiger charge is -2.09. The molecule has 1 saturated carbocycles. The van der Waals surface area contributed by atoms with Gasteiger partial charge in [0, 0.05) is 0 Å². The van der Waals surface area contributed by atoms with Gasteiger partial charge in [-0.25, -0.2) is 0 Å². The summed E-state index contributed by atoms with van der Waals surface area (Å²) in [6, 6.07) is 0. The van der Waals surface area contributed by atoms with Crippen LogP contribution in [0.15, 0.2) is 12.2 Å². The maximum absolute atomic E-state index is 10.9. The molecule has 0 saturated heterocycles. The van der Waals surface area contributed by atoms with Crippen molar-refractivity contribution in [1.82, 2.24) is 0 Å². The monoisotopic (exact) mass is 152 g/mol. The number of carbonyl (C=O) groups is 1. The van der Waals surface area contributed by atoms with Gasteiger partial charge in [-0.05, 0) is 24.7 Å². The molecule has 11 heavy (non-hydrogen) atoms. The summed E-state index contributed by atoms with van der Waals surface area (Å²) in [6.07, 6.45) is 5.93. The maximum atomic E-state index is 10.9. The second kappa shape index (κ2) is 1.87. The molecule has 0 aromatic carbocycles. The fourth-order valence-electron chi connectivity index (χ4n) is 2.54. The summed E-state index contributed by atoms with van der Waals surface area (Å²) in [5, 5.41) is 8.98. The molecule has 1 N–H and O–H groups in total. The Morgan fingerprint density at radius 2 is 2.55 bits per heavy atom. The number of carboxylic acids is 1. The SMILES string of the molecule is CC[C@@]1(C(=O)O)[C@@H]2C=CC[C@@H]21. The Kier molecular flexibility index (Phi) is 1.17. The van der Waals surface area contributed by atoms with E-state index in [1.54, 1.807) is 0 Å². The molecule has 1 fully saturated rings. The van der Waals surface area contributed by atoms with Gasteiger partial charge in [-0.3, -0.25) is 4.79 Å². The molecule has 0 bridgehead atoms. The third-order valence-electron chi connectivity index (χ3n) is 3.30. The second-order valence-corrected chi connectivity index (χ2v) is 3.50. The van der Waals surface area contributed by atoms with Gasteiger partial charge >= 0.3 is 5.97 Å². The highest BCUT2D eigenvalue weighted by Crippen LogP contribution is 2.66. The van der Waals surface area contributed by atoms with Crippen LogP contribution in [0.25, 0.3) is 0 Å². The number of rotatable bonds is 2. The van der Waals surface area contributed by atoms with Crippen molar-refractivity contribution in [2.45, 2.75) is 19.8 Å². The van der Waals surface area contributed by atoms with E-state index in [1.165, 1.54) is 0 Å². The molecule has 2 aliphatic carbocycles. The fraction of sp³-hybridized carbons (Fsp3) is 0.667. The summed E-state index contributed by atoms with van der Waals surface area (Å²) in [4.78, 5) is 10.9. The Morgan fingerprint density at radius 3 is 2.82 bits per heavy atom. The van der Waals surface area contributed by atoms with Crippen LogP contribution in [-0.4, -0.2) is 11.1 Å². The molecule has 0 aromatic rings. The third-order valence-corrected chi connectivity index (χ3v) is 3.30. The van der Waals surface area contributed by atoms with Crippen LogP contribution in [0.1, 0.15) is 19.8 Å². The molecule has 2 heteroatoms. The molecule has 0 aromatic heterocycles. The van der Waals surface area contributed by atoms with Gasteiger partial charge in [-0.2, -0.15) is 0 Å². The van der Waals surface area contributed by atoms with Gasteiger partial charge in [-0.1, -0.05) is 19.1 Å². The Bertz CT molecular complexity index is 232. The van der Waals surface area contributed by atoms with Gasteiger partial charge in [-0.15, -0.1) is 0 Å². The van der Waals surface area contributed by atoms with Crippen LogP contribution in [0, 0.1) is 17.3 Å². The van der Waals surface area contributed by atoms with Crippen LogP contribution >= 0.6 is 0 Å². The first-order valence-corrected chi connectivity index (χ1v) is 4.13. The average molecular weight is 152 g/mol. The first-order valence-electron chi connectivity index (χ1n) is 4.13. The predicted octanol–water partition coefficient (Wildman–Crippen LogP) is 1.67. The average Bonchev–Trinajstić information content (AvgIpc) is 2.41. The molecular formula is C9H12O2.